The molecule has 1 aromatic heterocycles. The van der Waals surface area contributed by atoms with Gasteiger partial charge in [-0.15, -0.1) is 0 Å². The van der Waals surface area contributed by atoms with Crippen molar-refractivity contribution >= 4 is 22.6 Å². The predicted molar refractivity (Wildman–Crippen MR) is 77.3 cm³/mol. The maximum Gasteiger partial charge on any atom is 0.383 e. The van der Waals surface area contributed by atoms with Gasteiger partial charge in [0.05, 0.1) is 30.3 Å². The molecule has 0 radical (unpaired) electrons. The third-order valence-electron chi connectivity index (χ3n) is 3.49. The average molecular weight is 349 g/mol. The molecule has 0 atom stereocenters. The molecule has 0 saturated heterocycles. The molecule has 0 spiro atoms. The summed E-state index contributed by atoms with van der Waals surface area (Å²) in [6.45, 7) is 0.922. The van der Waals surface area contributed by atoms with Crippen molar-refractivity contribution in [2.45, 2.75) is 25.3 Å². The normalized spacial score (nSPS) is 12.4. The van der Waals surface area contributed by atoms with E-state index in [2.05, 4.69) is 4.98 Å². The fraction of sp³-hybridized carbons (Fsp3) is 0.429. The Morgan fingerprint density at radius 1 is 1.33 bits per heavy atom. The lowest BCUT2D eigenvalue weighted by atomic mass is 10.2. The smallest absolute Gasteiger partial charge is 0.383 e. The van der Waals surface area contributed by atoms with Crippen LogP contribution in [-0.2, 0) is 4.79 Å². The number of aryl methyl sites for hydroxylation is 1. The molecule has 1 heterocycles. The summed E-state index contributed by atoms with van der Waals surface area (Å²) in [7, 11) is 0. The predicted octanol–water partition coefficient (Wildman–Crippen LogP) is 1.71. The second-order valence-corrected chi connectivity index (χ2v) is 5.13. The van der Waals surface area contributed by atoms with Gasteiger partial charge in [0, 0.05) is 5.69 Å². The fourth-order valence-electron chi connectivity index (χ4n) is 2.29. The van der Waals surface area contributed by atoms with E-state index >= 15 is 0 Å². The molecule has 0 aliphatic carbocycles. The van der Waals surface area contributed by atoms with Gasteiger partial charge in [-0.05, 0) is 25.1 Å². The molecule has 0 saturated carbocycles. The number of aliphatic hydroxyl groups excluding tert-OH is 2. The zero-order valence-electron chi connectivity index (χ0n) is 12.5. The molecule has 10 heteroatoms. The first kappa shape index (κ1) is 18.1. The van der Waals surface area contributed by atoms with Crippen LogP contribution in [0.25, 0.3) is 11.0 Å². The Morgan fingerprint density at radius 3 is 2.50 bits per heavy atom. The van der Waals surface area contributed by atoms with Crippen LogP contribution in [0.3, 0.4) is 0 Å². The number of imidazole rings is 1. The van der Waals surface area contributed by atoms with Gasteiger partial charge in [-0.25, -0.2) is 13.8 Å². The highest BCUT2D eigenvalue weighted by molar-refractivity contribution is 5.97. The number of alkyl halides is 4. The van der Waals surface area contributed by atoms with Gasteiger partial charge in [0.25, 0.3) is 0 Å². The third-order valence-corrected chi connectivity index (χ3v) is 3.49. The number of halogens is 4. The maximum absolute atomic E-state index is 13.0. The number of benzene rings is 1. The Labute approximate surface area is 133 Å². The number of nitrogens with one attached hydrogen (secondary N) is 1. The summed E-state index contributed by atoms with van der Waals surface area (Å²) in [5, 5.41) is 20.3. The monoisotopic (exact) mass is 349 g/mol. The fourth-order valence-corrected chi connectivity index (χ4v) is 2.29. The van der Waals surface area contributed by atoms with Crippen LogP contribution in [0.5, 0.6) is 0 Å². The quantitative estimate of drug-likeness (QED) is 0.693. The second kappa shape index (κ2) is 6.73. The Morgan fingerprint density at radius 2 is 1.96 bits per heavy atom. The summed E-state index contributed by atoms with van der Waals surface area (Å²) in [4.78, 5) is 15.4. The third kappa shape index (κ3) is 3.20. The minimum atomic E-state index is -4.80. The lowest BCUT2D eigenvalue weighted by molar-refractivity contribution is -0.163. The average Bonchev–Trinajstić information content (AvgIpc) is 2.84. The lowest BCUT2D eigenvalue weighted by Crippen LogP contribution is -2.40. The zero-order chi connectivity index (χ0) is 18.1. The van der Waals surface area contributed by atoms with Crippen molar-refractivity contribution in [1.29, 1.82) is 0 Å². The largest absolute Gasteiger partial charge is 0.394 e. The molecule has 0 fully saturated rings. The molecule has 0 bridgehead atoms. The van der Waals surface area contributed by atoms with Gasteiger partial charge in [0.2, 0.25) is 0 Å². The van der Waals surface area contributed by atoms with Crippen LogP contribution in [0.15, 0.2) is 18.2 Å². The van der Waals surface area contributed by atoms with Crippen LogP contribution in [0.2, 0.25) is 0 Å². The summed E-state index contributed by atoms with van der Waals surface area (Å²) in [6, 6.07) is 3.26. The van der Waals surface area contributed by atoms with E-state index in [1.165, 1.54) is 18.2 Å². The number of carbonyl (C=O) groups excluding carboxylic acids is 1. The van der Waals surface area contributed by atoms with Crippen molar-refractivity contribution in [3.8, 4) is 0 Å². The number of carbonyl (C=O) groups is 1. The van der Waals surface area contributed by atoms with Crippen LogP contribution in [0.4, 0.5) is 23.2 Å². The number of nitrogens with zero attached hydrogens (tertiary/aromatic N) is 2. The minimum absolute atomic E-state index is 0.123. The number of hydrogen-bond donors (Lipinski definition) is 3. The molecule has 0 unspecified atom stereocenters. The molecule has 0 aliphatic heterocycles. The van der Waals surface area contributed by atoms with E-state index in [1.54, 1.807) is 16.8 Å². The maximum atomic E-state index is 13.0. The molecule has 2 aromatic rings. The molecule has 6 nitrogen and oxygen atoms in total. The van der Waals surface area contributed by atoms with E-state index in [0.29, 0.717) is 11.3 Å². The highest BCUT2D eigenvalue weighted by Gasteiger charge is 2.48. The van der Waals surface area contributed by atoms with Crippen LogP contribution < -0.4 is 5.32 Å². The summed E-state index contributed by atoms with van der Waals surface area (Å²) in [5.74, 6) is -6.47. The molecular formula is C14H15F4N3O3. The van der Waals surface area contributed by atoms with Gasteiger partial charge in [-0.3, -0.25) is 4.79 Å². The molecule has 1 aromatic carbocycles. The molecule has 132 valence electrons. The Hall–Kier alpha value is -2.20. The van der Waals surface area contributed by atoms with E-state index in [4.69, 9.17) is 0 Å². The first-order chi connectivity index (χ1) is 11.2. The SMILES string of the molecule is Cc1nc2cc(NC(=O)C(F)(F)C(F)F)ccc2n1C(CO)CO. The van der Waals surface area contributed by atoms with Crippen LogP contribution >= 0.6 is 0 Å². The summed E-state index contributed by atoms with van der Waals surface area (Å²) in [5.41, 5.74) is 0.652. The zero-order valence-corrected chi connectivity index (χ0v) is 12.5. The van der Waals surface area contributed by atoms with Gasteiger partial charge in [0.1, 0.15) is 5.82 Å². The van der Waals surface area contributed by atoms with Crippen LogP contribution in [0.1, 0.15) is 11.9 Å². The number of anilines is 1. The number of fused-ring (bicyclic) bond motifs is 1. The summed E-state index contributed by atoms with van der Waals surface area (Å²) < 4.78 is 51.8. The number of amides is 1. The number of aliphatic hydroxyl groups is 2. The topological polar surface area (TPSA) is 87.4 Å². The van der Waals surface area contributed by atoms with Gasteiger partial charge in [-0.1, -0.05) is 0 Å². The first-order valence-corrected chi connectivity index (χ1v) is 6.90. The van der Waals surface area contributed by atoms with Crippen LogP contribution in [0, 0.1) is 6.92 Å². The minimum Gasteiger partial charge on any atom is -0.394 e. The van der Waals surface area contributed by atoms with Gasteiger partial charge in [0.15, 0.2) is 0 Å². The highest BCUT2D eigenvalue weighted by atomic mass is 19.3. The van der Waals surface area contributed by atoms with Crippen molar-refractivity contribution in [2.24, 2.45) is 0 Å². The number of rotatable bonds is 6. The van der Waals surface area contributed by atoms with Crippen molar-refractivity contribution in [1.82, 2.24) is 9.55 Å². The Kier molecular flexibility index (Phi) is 5.09. The molecule has 24 heavy (non-hydrogen) atoms. The number of hydrogen-bond acceptors (Lipinski definition) is 4. The standard InChI is InChI=1S/C14H15F4N3O3/c1-7-19-10-4-8(20-13(24)14(17,18)12(15)16)2-3-11(10)21(7)9(5-22)6-23/h2-4,9,12,22-23H,5-6H2,1H3,(H,20,24). The molecule has 0 aliphatic rings. The van der Waals surface area contributed by atoms with Gasteiger partial charge < -0.3 is 20.1 Å². The van der Waals surface area contributed by atoms with E-state index in [1.807, 2.05) is 0 Å². The van der Waals surface area contributed by atoms with E-state index < -0.39 is 24.3 Å². The van der Waals surface area contributed by atoms with Crippen molar-refractivity contribution in [2.75, 3.05) is 18.5 Å². The first-order valence-electron chi connectivity index (χ1n) is 6.90. The highest BCUT2D eigenvalue weighted by Crippen LogP contribution is 2.27. The van der Waals surface area contributed by atoms with E-state index in [9.17, 15) is 32.6 Å². The number of aromatic nitrogens is 2. The van der Waals surface area contributed by atoms with E-state index in [-0.39, 0.29) is 24.4 Å². The second-order valence-electron chi connectivity index (χ2n) is 5.13. The molecule has 2 rings (SSSR count). The van der Waals surface area contributed by atoms with Gasteiger partial charge in [-0.2, -0.15) is 8.78 Å². The van der Waals surface area contributed by atoms with Gasteiger partial charge >= 0.3 is 18.3 Å². The van der Waals surface area contributed by atoms with Crippen LogP contribution in [-0.4, -0.2) is 51.2 Å². The van der Waals surface area contributed by atoms with Crippen molar-refractivity contribution in [3.05, 3.63) is 24.0 Å². The molecule has 1 amide bonds. The lowest BCUT2D eigenvalue weighted by Gasteiger charge is -2.16. The van der Waals surface area contributed by atoms with Crippen molar-refractivity contribution < 1.29 is 32.6 Å². The molecular weight excluding hydrogens is 334 g/mol. The summed E-state index contributed by atoms with van der Waals surface area (Å²) in [6.07, 6.45) is -4.11. The molecule has 3 N–H and O–H groups in total. The summed E-state index contributed by atoms with van der Waals surface area (Å²) >= 11 is 0. The van der Waals surface area contributed by atoms with E-state index in [0.717, 1.165) is 0 Å². The van der Waals surface area contributed by atoms with Crippen molar-refractivity contribution in [3.63, 3.8) is 0 Å². The Bertz CT molecular complexity index is 744. The Balaban J connectivity index is 2.35.